The molecule has 4 rings (SSSR count). The second-order valence-electron chi connectivity index (χ2n) is 5.28. The number of rotatable bonds is 3. The summed E-state index contributed by atoms with van der Waals surface area (Å²) in [5.74, 6) is 0. The van der Waals surface area contributed by atoms with Crippen molar-refractivity contribution in [3.63, 3.8) is 0 Å². The minimum Gasteiger partial charge on any atom is -0.422 e. The number of aromatic nitrogens is 1. The Morgan fingerprint density at radius 3 is 2.83 bits per heavy atom. The van der Waals surface area contributed by atoms with Crippen LogP contribution >= 0.6 is 11.3 Å². The molecule has 0 aliphatic heterocycles. The number of benzene rings is 2. The van der Waals surface area contributed by atoms with Gasteiger partial charge in [-0.3, -0.25) is 5.43 Å². The highest BCUT2D eigenvalue weighted by Crippen LogP contribution is 2.25. The maximum absolute atomic E-state index is 12.1. The van der Waals surface area contributed by atoms with Crippen molar-refractivity contribution in [1.82, 2.24) is 4.98 Å². The smallest absolute Gasteiger partial charge is 0.345 e. The number of para-hydroxylation sites is 2. The van der Waals surface area contributed by atoms with Gasteiger partial charge in [-0.25, -0.2) is 9.78 Å². The van der Waals surface area contributed by atoms with Crippen LogP contribution in [-0.2, 0) is 0 Å². The first-order chi connectivity index (χ1) is 11.7. The molecular weight excluding hydrogens is 322 g/mol. The lowest BCUT2D eigenvalue weighted by Gasteiger charge is -2.02. The molecule has 0 unspecified atom stereocenters. The van der Waals surface area contributed by atoms with Gasteiger partial charge in [0.15, 0.2) is 0 Å². The Morgan fingerprint density at radius 2 is 1.96 bits per heavy atom. The fourth-order valence-corrected chi connectivity index (χ4v) is 3.23. The van der Waals surface area contributed by atoms with E-state index in [0.717, 1.165) is 15.6 Å². The van der Waals surface area contributed by atoms with Crippen LogP contribution in [0.25, 0.3) is 21.2 Å². The second-order valence-corrected chi connectivity index (χ2v) is 6.31. The number of fused-ring (bicyclic) bond motifs is 2. The minimum atomic E-state index is -0.402. The zero-order valence-corrected chi connectivity index (χ0v) is 13.6. The van der Waals surface area contributed by atoms with Gasteiger partial charge in [0.25, 0.3) is 0 Å². The molecule has 2 heterocycles. The second kappa shape index (κ2) is 5.90. The summed E-state index contributed by atoms with van der Waals surface area (Å²) in [6.45, 7) is 1.77. The summed E-state index contributed by atoms with van der Waals surface area (Å²) in [7, 11) is 0. The summed E-state index contributed by atoms with van der Waals surface area (Å²) in [5.41, 5.74) is 4.99. The summed E-state index contributed by atoms with van der Waals surface area (Å²) in [6, 6.07) is 17.1. The van der Waals surface area contributed by atoms with Crippen molar-refractivity contribution in [2.75, 3.05) is 5.43 Å². The number of hydrogen-bond acceptors (Lipinski definition) is 6. The number of nitrogens with one attached hydrogen (secondary N) is 1. The van der Waals surface area contributed by atoms with Crippen LogP contribution in [0.4, 0.5) is 5.13 Å². The van der Waals surface area contributed by atoms with E-state index in [2.05, 4.69) is 15.5 Å². The molecule has 0 fully saturated rings. The lowest BCUT2D eigenvalue weighted by atomic mass is 10.1. The predicted octanol–water partition coefficient (Wildman–Crippen LogP) is 4.24. The molecular formula is C18H13N3O2S. The molecule has 24 heavy (non-hydrogen) atoms. The Kier molecular flexibility index (Phi) is 3.59. The maximum atomic E-state index is 12.1. The SMILES string of the molecule is C/C(=N/Nc1nc2ccccc2s1)c1cc2ccccc2oc1=O. The van der Waals surface area contributed by atoms with E-state index < -0.39 is 5.63 Å². The van der Waals surface area contributed by atoms with Crippen LogP contribution in [0.5, 0.6) is 0 Å². The van der Waals surface area contributed by atoms with E-state index in [1.165, 1.54) is 11.3 Å². The van der Waals surface area contributed by atoms with Crippen molar-refractivity contribution >= 4 is 43.4 Å². The van der Waals surface area contributed by atoms with E-state index in [-0.39, 0.29) is 0 Å². The Balaban J connectivity index is 1.67. The van der Waals surface area contributed by atoms with Gasteiger partial charge in [-0.15, -0.1) is 0 Å². The summed E-state index contributed by atoms with van der Waals surface area (Å²) >= 11 is 1.51. The quantitative estimate of drug-likeness (QED) is 0.345. The van der Waals surface area contributed by atoms with Crippen LogP contribution in [0.15, 0.2) is 68.9 Å². The van der Waals surface area contributed by atoms with Gasteiger partial charge in [-0.2, -0.15) is 5.10 Å². The first-order valence-corrected chi connectivity index (χ1v) is 8.21. The van der Waals surface area contributed by atoms with E-state index in [4.69, 9.17) is 4.42 Å². The average Bonchev–Trinajstić information content (AvgIpc) is 3.02. The van der Waals surface area contributed by atoms with Gasteiger partial charge in [0, 0.05) is 5.39 Å². The third-order valence-corrected chi connectivity index (χ3v) is 4.59. The van der Waals surface area contributed by atoms with Gasteiger partial charge in [-0.05, 0) is 31.2 Å². The van der Waals surface area contributed by atoms with Gasteiger partial charge in [0.05, 0.1) is 21.5 Å². The van der Waals surface area contributed by atoms with E-state index >= 15 is 0 Å². The zero-order valence-electron chi connectivity index (χ0n) is 12.8. The monoisotopic (exact) mass is 335 g/mol. The van der Waals surface area contributed by atoms with Crippen LogP contribution in [0, 0.1) is 0 Å². The third kappa shape index (κ3) is 2.68. The van der Waals surface area contributed by atoms with E-state index in [0.29, 0.717) is 22.0 Å². The number of hydrogen-bond donors (Lipinski definition) is 1. The molecule has 2 aromatic heterocycles. The first-order valence-electron chi connectivity index (χ1n) is 7.40. The molecule has 0 aliphatic carbocycles. The van der Waals surface area contributed by atoms with E-state index in [1.54, 1.807) is 19.1 Å². The fraction of sp³-hybridized carbons (Fsp3) is 0.0556. The predicted molar refractivity (Wildman–Crippen MR) is 97.9 cm³/mol. The Morgan fingerprint density at radius 1 is 1.17 bits per heavy atom. The largest absolute Gasteiger partial charge is 0.422 e. The van der Waals surface area contributed by atoms with Crippen molar-refractivity contribution < 1.29 is 4.42 Å². The molecule has 0 bridgehead atoms. The van der Waals surface area contributed by atoms with Crippen molar-refractivity contribution in [3.8, 4) is 0 Å². The summed E-state index contributed by atoms with van der Waals surface area (Å²) in [6.07, 6.45) is 0. The molecule has 6 heteroatoms. The molecule has 0 atom stereocenters. The van der Waals surface area contributed by atoms with Crippen molar-refractivity contribution in [2.45, 2.75) is 6.92 Å². The highest BCUT2D eigenvalue weighted by Gasteiger charge is 2.09. The minimum absolute atomic E-state index is 0.402. The summed E-state index contributed by atoms with van der Waals surface area (Å²) in [5, 5.41) is 5.83. The fourth-order valence-electron chi connectivity index (χ4n) is 2.43. The molecule has 118 valence electrons. The first kappa shape index (κ1) is 14.6. The highest BCUT2D eigenvalue weighted by molar-refractivity contribution is 7.22. The number of nitrogens with zero attached hydrogens (tertiary/aromatic N) is 2. The van der Waals surface area contributed by atoms with Crippen LogP contribution in [0.1, 0.15) is 12.5 Å². The van der Waals surface area contributed by atoms with E-state index in [1.807, 2.05) is 42.5 Å². The molecule has 4 aromatic rings. The summed E-state index contributed by atoms with van der Waals surface area (Å²) in [4.78, 5) is 16.6. The van der Waals surface area contributed by atoms with Gasteiger partial charge >= 0.3 is 5.63 Å². The molecule has 0 radical (unpaired) electrons. The Hall–Kier alpha value is -2.99. The molecule has 2 aromatic carbocycles. The number of anilines is 1. The molecule has 1 N–H and O–H groups in total. The van der Waals surface area contributed by atoms with Gasteiger partial charge in [-0.1, -0.05) is 41.7 Å². The maximum Gasteiger partial charge on any atom is 0.345 e. The lowest BCUT2D eigenvalue weighted by Crippen LogP contribution is -2.13. The average molecular weight is 335 g/mol. The molecule has 5 nitrogen and oxygen atoms in total. The van der Waals surface area contributed by atoms with Gasteiger partial charge in [0.1, 0.15) is 5.58 Å². The normalized spacial score (nSPS) is 12.0. The third-order valence-electron chi connectivity index (χ3n) is 3.64. The molecule has 0 saturated heterocycles. The van der Waals surface area contributed by atoms with Crippen molar-refractivity contribution in [3.05, 3.63) is 70.6 Å². The highest BCUT2D eigenvalue weighted by atomic mass is 32.1. The topological polar surface area (TPSA) is 67.5 Å². The Labute approximate surface area is 141 Å². The lowest BCUT2D eigenvalue weighted by molar-refractivity contribution is 0.559. The molecule has 0 amide bonds. The van der Waals surface area contributed by atoms with Crippen LogP contribution in [-0.4, -0.2) is 10.7 Å². The molecule has 0 spiro atoms. The molecule has 0 saturated carbocycles. The standard InChI is InChI=1S/C18H13N3O2S/c1-11(13-10-12-6-2-4-8-15(12)23-17(13)22)20-21-18-19-14-7-3-5-9-16(14)24-18/h2-10H,1H3,(H,19,21)/b20-11-. The van der Waals surface area contributed by atoms with Crippen LogP contribution in [0.3, 0.4) is 0 Å². The van der Waals surface area contributed by atoms with Crippen molar-refractivity contribution in [2.24, 2.45) is 5.10 Å². The van der Waals surface area contributed by atoms with E-state index in [9.17, 15) is 4.79 Å². The zero-order chi connectivity index (χ0) is 16.5. The summed E-state index contributed by atoms with van der Waals surface area (Å²) < 4.78 is 6.42. The van der Waals surface area contributed by atoms with Gasteiger partial charge in [0.2, 0.25) is 5.13 Å². The number of thiazole rings is 1. The molecule has 0 aliphatic rings. The van der Waals surface area contributed by atoms with Crippen molar-refractivity contribution in [1.29, 1.82) is 0 Å². The number of hydrazone groups is 1. The van der Waals surface area contributed by atoms with Crippen LogP contribution in [0.2, 0.25) is 0 Å². The van der Waals surface area contributed by atoms with Crippen LogP contribution < -0.4 is 11.1 Å². The van der Waals surface area contributed by atoms with Gasteiger partial charge < -0.3 is 4.42 Å². The Bertz CT molecular complexity index is 1090.